The van der Waals surface area contributed by atoms with Gasteiger partial charge < -0.3 is 10.6 Å². The third-order valence-electron chi connectivity index (χ3n) is 5.48. The van der Waals surface area contributed by atoms with Crippen molar-refractivity contribution in [3.8, 4) is 0 Å². The Kier molecular flexibility index (Phi) is 4.83. The molecule has 2 saturated heterocycles. The predicted molar refractivity (Wildman–Crippen MR) is 98.3 cm³/mol. The summed E-state index contributed by atoms with van der Waals surface area (Å²) in [4.78, 5) is 12.5. The molecule has 2 N–H and O–H groups in total. The Bertz CT molecular complexity index is 699. The molecule has 1 aromatic heterocycles. The van der Waals surface area contributed by atoms with Gasteiger partial charge in [0.25, 0.3) is 0 Å². The minimum absolute atomic E-state index is 0.118. The maximum atomic E-state index is 12.5. The molecule has 2 bridgehead atoms. The lowest BCUT2D eigenvalue weighted by atomic mass is 9.89. The largest absolute Gasteiger partial charge is 0.311 e. The first-order valence-corrected chi connectivity index (χ1v) is 9.38. The number of nitrogens with zero attached hydrogens (tertiary/aromatic N) is 2. The van der Waals surface area contributed by atoms with E-state index < -0.39 is 0 Å². The number of anilines is 1. The molecule has 5 nitrogen and oxygen atoms in total. The van der Waals surface area contributed by atoms with Crippen LogP contribution in [-0.2, 0) is 17.8 Å². The first kappa shape index (κ1) is 16.3. The first-order valence-electron chi connectivity index (χ1n) is 9.38. The second-order valence-electron chi connectivity index (χ2n) is 7.40. The van der Waals surface area contributed by atoms with Crippen LogP contribution in [0.25, 0.3) is 0 Å². The van der Waals surface area contributed by atoms with Gasteiger partial charge in [0.2, 0.25) is 5.91 Å². The summed E-state index contributed by atoms with van der Waals surface area (Å²) in [6, 6.07) is 13.5. The van der Waals surface area contributed by atoms with Crippen molar-refractivity contribution in [2.24, 2.45) is 5.92 Å². The molecule has 25 heavy (non-hydrogen) atoms. The third-order valence-corrected chi connectivity index (χ3v) is 5.48. The van der Waals surface area contributed by atoms with Crippen LogP contribution in [0.4, 0.5) is 5.82 Å². The monoisotopic (exact) mass is 338 g/mol. The molecular weight excluding hydrogens is 312 g/mol. The van der Waals surface area contributed by atoms with E-state index in [1.807, 2.05) is 28.9 Å². The zero-order valence-electron chi connectivity index (χ0n) is 14.5. The molecular formula is C20H26N4O. The minimum Gasteiger partial charge on any atom is -0.311 e. The zero-order chi connectivity index (χ0) is 17.1. The Labute approximate surface area is 148 Å². The van der Waals surface area contributed by atoms with Gasteiger partial charge in [0.15, 0.2) is 0 Å². The van der Waals surface area contributed by atoms with Crippen LogP contribution in [0.5, 0.6) is 0 Å². The van der Waals surface area contributed by atoms with Crippen LogP contribution in [0, 0.1) is 5.92 Å². The van der Waals surface area contributed by atoms with Crippen molar-refractivity contribution in [3.05, 3.63) is 48.2 Å². The lowest BCUT2D eigenvalue weighted by Gasteiger charge is -2.28. The number of nitrogens with one attached hydrogen (secondary N) is 2. The normalized spacial score (nSPS) is 25.0. The van der Waals surface area contributed by atoms with E-state index in [4.69, 9.17) is 0 Å². The molecule has 0 spiro atoms. The summed E-state index contributed by atoms with van der Waals surface area (Å²) in [6.45, 7) is 0.768. The topological polar surface area (TPSA) is 59.0 Å². The summed E-state index contributed by atoms with van der Waals surface area (Å²) in [5.41, 5.74) is 1.28. The lowest BCUT2D eigenvalue weighted by Crippen LogP contribution is -2.39. The van der Waals surface area contributed by atoms with E-state index in [9.17, 15) is 4.79 Å². The summed E-state index contributed by atoms with van der Waals surface area (Å²) in [6.07, 6.45) is 8.10. The summed E-state index contributed by atoms with van der Waals surface area (Å²) in [5.74, 6) is 1.44. The van der Waals surface area contributed by atoms with E-state index in [1.165, 1.54) is 18.4 Å². The average molecular weight is 338 g/mol. The third kappa shape index (κ3) is 4.10. The van der Waals surface area contributed by atoms with E-state index in [0.717, 1.165) is 31.6 Å². The van der Waals surface area contributed by atoms with Gasteiger partial charge in [0, 0.05) is 31.1 Å². The second kappa shape index (κ2) is 7.40. The van der Waals surface area contributed by atoms with Gasteiger partial charge in [-0.3, -0.25) is 4.79 Å². The summed E-state index contributed by atoms with van der Waals surface area (Å²) in [5, 5.41) is 11.1. The number of piperidine rings is 1. The smallest absolute Gasteiger partial charge is 0.225 e. The van der Waals surface area contributed by atoms with E-state index in [2.05, 4.69) is 27.9 Å². The van der Waals surface area contributed by atoms with Crippen LogP contribution in [-0.4, -0.2) is 27.8 Å². The molecule has 2 atom stereocenters. The molecule has 5 heteroatoms. The summed E-state index contributed by atoms with van der Waals surface area (Å²) >= 11 is 0. The number of rotatable bonds is 6. The number of aromatic nitrogens is 2. The van der Waals surface area contributed by atoms with Crippen molar-refractivity contribution < 1.29 is 4.79 Å². The molecule has 1 aromatic carbocycles. The van der Waals surface area contributed by atoms with Gasteiger partial charge in [0.1, 0.15) is 5.82 Å². The van der Waals surface area contributed by atoms with Gasteiger partial charge in [-0.25, -0.2) is 4.68 Å². The van der Waals surface area contributed by atoms with Gasteiger partial charge in [-0.1, -0.05) is 30.3 Å². The molecule has 0 radical (unpaired) electrons. The number of hydrogen-bond acceptors (Lipinski definition) is 3. The fourth-order valence-corrected chi connectivity index (χ4v) is 4.29. The number of carbonyl (C=O) groups is 1. The number of aryl methyl sites for hydroxylation is 2. The Hall–Kier alpha value is -2.14. The van der Waals surface area contributed by atoms with Gasteiger partial charge >= 0.3 is 0 Å². The molecule has 0 saturated carbocycles. The average Bonchev–Trinajstić information content (AvgIpc) is 3.19. The molecule has 2 aliphatic heterocycles. The highest BCUT2D eigenvalue weighted by molar-refractivity contribution is 5.90. The van der Waals surface area contributed by atoms with Gasteiger partial charge in [-0.05, 0) is 43.6 Å². The fourth-order valence-electron chi connectivity index (χ4n) is 4.29. The number of hydrogen-bond donors (Lipinski definition) is 2. The Balaban J connectivity index is 1.30. The number of fused-ring (bicyclic) bond motifs is 2. The van der Waals surface area contributed by atoms with E-state index >= 15 is 0 Å². The SMILES string of the molecule is O=C(CC1CC2CCC(C1)N2)Nc1ccnn1CCc1ccccc1. The van der Waals surface area contributed by atoms with Crippen molar-refractivity contribution in [3.63, 3.8) is 0 Å². The Morgan fingerprint density at radius 2 is 1.92 bits per heavy atom. The highest BCUT2D eigenvalue weighted by atomic mass is 16.1. The highest BCUT2D eigenvalue weighted by Gasteiger charge is 2.34. The van der Waals surface area contributed by atoms with Crippen LogP contribution in [0.1, 0.15) is 37.7 Å². The molecule has 132 valence electrons. The molecule has 2 unspecified atom stereocenters. The highest BCUT2D eigenvalue weighted by Crippen LogP contribution is 2.32. The van der Waals surface area contributed by atoms with E-state index in [1.54, 1.807) is 6.20 Å². The second-order valence-corrected chi connectivity index (χ2v) is 7.40. The van der Waals surface area contributed by atoms with Crippen molar-refractivity contribution >= 4 is 11.7 Å². The van der Waals surface area contributed by atoms with E-state index in [0.29, 0.717) is 24.4 Å². The number of carbonyl (C=O) groups excluding carboxylic acids is 1. The van der Waals surface area contributed by atoms with Crippen molar-refractivity contribution in [1.29, 1.82) is 0 Å². The number of amides is 1. The molecule has 4 rings (SSSR count). The first-order chi connectivity index (χ1) is 12.3. The van der Waals surface area contributed by atoms with Crippen molar-refractivity contribution in [2.75, 3.05) is 5.32 Å². The Morgan fingerprint density at radius 1 is 1.16 bits per heavy atom. The number of benzene rings is 1. The predicted octanol–water partition coefficient (Wildman–Crippen LogP) is 2.99. The van der Waals surface area contributed by atoms with Gasteiger partial charge in [-0.15, -0.1) is 0 Å². The van der Waals surface area contributed by atoms with Gasteiger partial charge in [-0.2, -0.15) is 5.10 Å². The van der Waals surface area contributed by atoms with Crippen LogP contribution >= 0.6 is 0 Å². The molecule has 2 aromatic rings. The standard InChI is InChI=1S/C20H26N4O/c25-20(14-16-12-17-6-7-18(13-16)22-17)23-19-8-10-21-24(19)11-9-15-4-2-1-3-5-15/h1-5,8,10,16-18,22H,6-7,9,11-14H2,(H,23,25). The van der Waals surface area contributed by atoms with Crippen LogP contribution in [0.3, 0.4) is 0 Å². The van der Waals surface area contributed by atoms with Crippen LogP contribution in [0.2, 0.25) is 0 Å². The van der Waals surface area contributed by atoms with Crippen molar-refractivity contribution in [2.45, 2.75) is 57.2 Å². The van der Waals surface area contributed by atoms with Crippen LogP contribution < -0.4 is 10.6 Å². The zero-order valence-corrected chi connectivity index (χ0v) is 14.5. The van der Waals surface area contributed by atoms with Crippen LogP contribution in [0.15, 0.2) is 42.6 Å². The molecule has 0 aliphatic carbocycles. The van der Waals surface area contributed by atoms with Gasteiger partial charge in [0.05, 0.1) is 6.20 Å². The Morgan fingerprint density at radius 3 is 2.68 bits per heavy atom. The molecule has 3 heterocycles. The van der Waals surface area contributed by atoms with E-state index in [-0.39, 0.29) is 5.91 Å². The molecule has 1 amide bonds. The lowest BCUT2D eigenvalue weighted by molar-refractivity contribution is -0.117. The fraction of sp³-hybridized carbons (Fsp3) is 0.500. The minimum atomic E-state index is 0.118. The maximum absolute atomic E-state index is 12.5. The van der Waals surface area contributed by atoms with Crippen molar-refractivity contribution in [1.82, 2.24) is 15.1 Å². The molecule has 2 aliphatic rings. The summed E-state index contributed by atoms with van der Waals surface area (Å²) in [7, 11) is 0. The summed E-state index contributed by atoms with van der Waals surface area (Å²) < 4.78 is 1.89. The molecule has 2 fully saturated rings. The quantitative estimate of drug-likeness (QED) is 0.851. The maximum Gasteiger partial charge on any atom is 0.225 e.